The van der Waals surface area contributed by atoms with E-state index in [9.17, 15) is 4.79 Å². The smallest absolute Gasteiger partial charge is 0.251 e. The molecule has 0 aliphatic rings. The summed E-state index contributed by atoms with van der Waals surface area (Å²) in [6.45, 7) is 4.58. The van der Waals surface area contributed by atoms with Gasteiger partial charge in [-0.25, -0.2) is 0 Å². The number of rotatable bonds is 5. The summed E-state index contributed by atoms with van der Waals surface area (Å²) in [4.78, 5) is 11.8. The van der Waals surface area contributed by atoms with Crippen LogP contribution in [-0.2, 0) is 0 Å². The molecule has 0 saturated heterocycles. The molecular weight excluding hydrogens is 302 g/mol. The molecule has 0 aliphatic carbocycles. The van der Waals surface area contributed by atoms with Gasteiger partial charge in [-0.05, 0) is 31.0 Å². The topological polar surface area (TPSA) is 29.1 Å². The van der Waals surface area contributed by atoms with E-state index in [2.05, 4.69) is 28.2 Å². The van der Waals surface area contributed by atoms with E-state index >= 15 is 0 Å². The minimum absolute atomic E-state index is 0.0119. The summed E-state index contributed by atoms with van der Waals surface area (Å²) in [5, 5.41) is 2.85. The van der Waals surface area contributed by atoms with Crippen molar-refractivity contribution in [1.29, 1.82) is 0 Å². The molecule has 4 heteroatoms. The molecule has 1 N–H and O–H groups in total. The Kier molecular flexibility index (Phi) is 6.00. The molecule has 0 aliphatic heterocycles. The van der Waals surface area contributed by atoms with Gasteiger partial charge in [0.25, 0.3) is 5.91 Å². The Morgan fingerprint density at radius 2 is 2.24 bits per heavy atom. The normalized spacial score (nSPS) is 12.2. The first-order valence-electron chi connectivity index (χ1n) is 5.73. The second-order valence-corrected chi connectivity index (χ2v) is 5.53. The number of hydrogen-bond acceptors (Lipinski definition) is 1. The van der Waals surface area contributed by atoms with E-state index in [4.69, 9.17) is 11.6 Å². The van der Waals surface area contributed by atoms with Crippen molar-refractivity contribution in [2.24, 2.45) is 0 Å². The third-order valence-corrected chi connectivity index (χ3v) is 3.75. The van der Waals surface area contributed by atoms with Gasteiger partial charge in [-0.1, -0.05) is 35.3 Å². The van der Waals surface area contributed by atoms with Gasteiger partial charge in [-0.15, -0.1) is 11.6 Å². The molecule has 1 unspecified atom stereocenters. The molecule has 0 fully saturated rings. The van der Waals surface area contributed by atoms with E-state index in [1.54, 1.807) is 0 Å². The van der Waals surface area contributed by atoms with E-state index in [1.165, 1.54) is 0 Å². The molecule has 0 heterocycles. The molecule has 2 nitrogen and oxygen atoms in total. The Balaban J connectivity index is 2.55. The van der Waals surface area contributed by atoms with E-state index in [0.29, 0.717) is 12.1 Å². The maximum atomic E-state index is 11.8. The molecule has 0 aromatic heterocycles. The van der Waals surface area contributed by atoms with Crippen molar-refractivity contribution in [1.82, 2.24) is 5.32 Å². The Bertz CT molecular complexity index is 395. The van der Waals surface area contributed by atoms with Crippen LogP contribution in [0.1, 0.15) is 35.7 Å². The molecule has 1 aromatic carbocycles. The summed E-state index contributed by atoms with van der Waals surface area (Å²) < 4.78 is 0.945. The Labute approximate surface area is 116 Å². The standard InChI is InChI=1S/C13H17BrClNO/c1-3-4-11(15)8-16-13(17)10-6-5-9(2)12(14)7-10/h5-7,11H,3-4,8H2,1-2H3,(H,16,17). The third-order valence-electron chi connectivity index (χ3n) is 2.52. The number of benzene rings is 1. The van der Waals surface area contributed by atoms with Crippen LogP contribution in [0.4, 0.5) is 0 Å². The van der Waals surface area contributed by atoms with Gasteiger partial charge in [0.15, 0.2) is 0 Å². The van der Waals surface area contributed by atoms with Crippen molar-refractivity contribution in [2.45, 2.75) is 32.1 Å². The lowest BCUT2D eigenvalue weighted by atomic mass is 10.1. The Morgan fingerprint density at radius 1 is 1.53 bits per heavy atom. The summed E-state index contributed by atoms with van der Waals surface area (Å²) in [5.74, 6) is -0.0764. The molecule has 1 atom stereocenters. The lowest BCUT2D eigenvalue weighted by Crippen LogP contribution is -2.29. The monoisotopic (exact) mass is 317 g/mol. The second kappa shape index (κ2) is 7.02. The fraction of sp³-hybridized carbons (Fsp3) is 0.462. The number of alkyl halides is 1. The lowest BCUT2D eigenvalue weighted by Gasteiger charge is -2.10. The zero-order chi connectivity index (χ0) is 12.8. The number of nitrogens with one attached hydrogen (secondary N) is 1. The highest BCUT2D eigenvalue weighted by atomic mass is 79.9. The molecule has 0 radical (unpaired) electrons. The van der Waals surface area contributed by atoms with Crippen molar-refractivity contribution in [3.05, 3.63) is 33.8 Å². The minimum atomic E-state index is -0.0764. The molecule has 0 spiro atoms. The zero-order valence-corrected chi connectivity index (χ0v) is 12.4. The van der Waals surface area contributed by atoms with Crippen LogP contribution >= 0.6 is 27.5 Å². The maximum Gasteiger partial charge on any atom is 0.251 e. The Morgan fingerprint density at radius 3 is 2.82 bits per heavy atom. The van der Waals surface area contributed by atoms with Gasteiger partial charge in [0.1, 0.15) is 0 Å². The molecular formula is C13H17BrClNO. The highest BCUT2D eigenvalue weighted by Crippen LogP contribution is 2.17. The molecule has 0 bridgehead atoms. The van der Waals surface area contributed by atoms with Gasteiger partial charge in [0, 0.05) is 16.6 Å². The number of carbonyl (C=O) groups excluding carboxylic acids is 1. The molecule has 94 valence electrons. The lowest BCUT2D eigenvalue weighted by molar-refractivity contribution is 0.0953. The molecule has 17 heavy (non-hydrogen) atoms. The van der Waals surface area contributed by atoms with E-state index in [1.807, 2.05) is 25.1 Å². The maximum absolute atomic E-state index is 11.8. The highest BCUT2D eigenvalue weighted by molar-refractivity contribution is 9.10. The Hall–Kier alpha value is -0.540. The van der Waals surface area contributed by atoms with E-state index in [-0.39, 0.29) is 11.3 Å². The van der Waals surface area contributed by atoms with Gasteiger partial charge in [0.2, 0.25) is 0 Å². The SMILES string of the molecule is CCCC(Cl)CNC(=O)c1ccc(C)c(Br)c1. The molecule has 1 amide bonds. The number of amides is 1. The van der Waals surface area contributed by atoms with Crippen molar-refractivity contribution in [2.75, 3.05) is 6.54 Å². The van der Waals surface area contributed by atoms with Crippen molar-refractivity contribution >= 4 is 33.4 Å². The number of aryl methyl sites for hydroxylation is 1. The van der Waals surface area contributed by atoms with Crippen LogP contribution in [0.5, 0.6) is 0 Å². The van der Waals surface area contributed by atoms with Gasteiger partial charge in [0.05, 0.1) is 5.38 Å². The average molecular weight is 319 g/mol. The predicted molar refractivity (Wildman–Crippen MR) is 75.8 cm³/mol. The zero-order valence-electron chi connectivity index (χ0n) is 10.1. The number of carbonyl (C=O) groups is 1. The fourth-order valence-corrected chi connectivity index (χ4v) is 2.13. The van der Waals surface area contributed by atoms with Crippen LogP contribution < -0.4 is 5.32 Å². The first-order valence-corrected chi connectivity index (χ1v) is 6.96. The van der Waals surface area contributed by atoms with Crippen LogP contribution in [0, 0.1) is 6.92 Å². The number of halogens is 2. The summed E-state index contributed by atoms with van der Waals surface area (Å²) in [6, 6.07) is 5.56. The van der Waals surface area contributed by atoms with Gasteiger partial charge in [-0.2, -0.15) is 0 Å². The van der Waals surface area contributed by atoms with Crippen LogP contribution in [0.25, 0.3) is 0 Å². The first-order chi connectivity index (χ1) is 8.04. The van der Waals surface area contributed by atoms with Gasteiger partial charge >= 0.3 is 0 Å². The third kappa shape index (κ3) is 4.68. The molecule has 1 aromatic rings. The van der Waals surface area contributed by atoms with Gasteiger partial charge < -0.3 is 5.32 Å². The largest absolute Gasteiger partial charge is 0.351 e. The quantitative estimate of drug-likeness (QED) is 0.820. The number of hydrogen-bond donors (Lipinski definition) is 1. The van der Waals surface area contributed by atoms with Crippen molar-refractivity contribution in [3.8, 4) is 0 Å². The van der Waals surface area contributed by atoms with E-state index < -0.39 is 0 Å². The van der Waals surface area contributed by atoms with Gasteiger partial charge in [-0.3, -0.25) is 4.79 Å². The van der Waals surface area contributed by atoms with Crippen LogP contribution in [-0.4, -0.2) is 17.8 Å². The van der Waals surface area contributed by atoms with Crippen LogP contribution in [0.3, 0.4) is 0 Å². The summed E-state index contributed by atoms with van der Waals surface area (Å²) >= 11 is 9.46. The second-order valence-electron chi connectivity index (χ2n) is 4.06. The average Bonchev–Trinajstić information content (AvgIpc) is 2.30. The minimum Gasteiger partial charge on any atom is -0.351 e. The fourth-order valence-electron chi connectivity index (χ4n) is 1.45. The summed E-state index contributed by atoms with van der Waals surface area (Å²) in [6.07, 6.45) is 1.94. The predicted octanol–water partition coefficient (Wildman–Crippen LogP) is 3.89. The van der Waals surface area contributed by atoms with E-state index in [0.717, 1.165) is 22.9 Å². The van der Waals surface area contributed by atoms with Crippen LogP contribution in [0.15, 0.2) is 22.7 Å². The highest BCUT2D eigenvalue weighted by Gasteiger charge is 2.09. The van der Waals surface area contributed by atoms with Crippen molar-refractivity contribution in [3.63, 3.8) is 0 Å². The summed E-state index contributed by atoms with van der Waals surface area (Å²) in [5.41, 5.74) is 1.77. The van der Waals surface area contributed by atoms with Crippen molar-refractivity contribution < 1.29 is 4.79 Å². The first kappa shape index (κ1) is 14.5. The van der Waals surface area contributed by atoms with Crippen LogP contribution in [0.2, 0.25) is 0 Å². The molecule has 1 rings (SSSR count). The molecule has 0 saturated carbocycles. The summed E-state index contributed by atoms with van der Waals surface area (Å²) in [7, 11) is 0.